The highest BCUT2D eigenvalue weighted by Gasteiger charge is 2.13. The van der Waals surface area contributed by atoms with Crippen LogP contribution in [-0.4, -0.2) is 18.2 Å². The summed E-state index contributed by atoms with van der Waals surface area (Å²) >= 11 is 0. The van der Waals surface area contributed by atoms with Gasteiger partial charge in [-0.3, -0.25) is 4.79 Å². The Balaban J connectivity index is 2.88. The van der Waals surface area contributed by atoms with E-state index in [0.717, 1.165) is 5.56 Å². The molecule has 0 aliphatic carbocycles. The normalized spacial score (nSPS) is 11.1. The molecule has 0 aliphatic heterocycles. The van der Waals surface area contributed by atoms with Gasteiger partial charge in [0.2, 0.25) is 0 Å². The van der Waals surface area contributed by atoms with Crippen molar-refractivity contribution in [3.05, 3.63) is 29.8 Å². The highest BCUT2D eigenvalue weighted by Crippen LogP contribution is 2.21. The Hall–Kier alpha value is -1.95. The molecule has 1 N–H and O–H groups in total. The largest absolute Gasteiger partial charge is 0.508 e. The summed E-state index contributed by atoms with van der Waals surface area (Å²) in [6, 6.07) is 6.68. The Morgan fingerprint density at radius 1 is 1.44 bits per heavy atom. The lowest BCUT2D eigenvalue weighted by Gasteiger charge is -2.09. The number of carbonyl (C=O) groups excluding carboxylic acids is 1. The minimum atomic E-state index is -0.291. The van der Waals surface area contributed by atoms with Crippen LogP contribution in [0.5, 0.6) is 5.75 Å². The molecule has 0 unspecified atom stereocenters. The maximum Gasteiger partial charge on any atom is 0.307 e. The average Bonchev–Trinajstić information content (AvgIpc) is 2.29. The number of rotatable bonds is 3. The van der Waals surface area contributed by atoms with Gasteiger partial charge in [-0.05, 0) is 24.6 Å². The third kappa shape index (κ3) is 3.32. The van der Waals surface area contributed by atoms with Crippen LogP contribution in [0.3, 0.4) is 0 Å². The van der Waals surface area contributed by atoms with Gasteiger partial charge in [-0.1, -0.05) is 18.1 Å². The molecule has 16 heavy (non-hydrogen) atoms. The second-order valence-electron chi connectivity index (χ2n) is 3.32. The van der Waals surface area contributed by atoms with Gasteiger partial charge in [-0.2, -0.15) is 0 Å². The van der Waals surface area contributed by atoms with E-state index in [1.807, 2.05) is 0 Å². The fourth-order valence-corrected chi connectivity index (χ4v) is 1.38. The van der Waals surface area contributed by atoms with Crippen LogP contribution in [-0.2, 0) is 9.53 Å². The van der Waals surface area contributed by atoms with Crippen molar-refractivity contribution in [2.75, 3.05) is 7.11 Å². The first-order chi connectivity index (χ1) is 7.67. The Morgan fingerprint density at radius 2 is 2.06 bits per heavy atom. The Bertz CT molecular complexity index is 409. The highest BCUT2D eigenvalue weighted by atomic mass is 16.5. The van der Waals surface area contributed by atoms with Crippen molar-refractivity contribution in [1.82, 2.24) is 0 Å². The highest BCUT2D eigenvalue weighted by molar-refractivity contribution is 5.71. The molecule has 0 saturated carbocycles. The molecule has 1 rings (SSSR count). The second kappa shape index (κ2) is 5.82. The number of esters is 1. The molecule has 3 heteroatoms. The SMILES string of the molecule is CC#C[C@H](CC(=O)OC)c1ccc(O)cc1. The van der Waals surface area contributed by atoms with Gasteiger partial charge in [-0.15, -0.1) is 5.92 Å². The lowest BCUT2D eigenvalue weighted by atomic mass is 9.96. The van der Waals surface area contributed by atoms with Crippen molar-refractivity contribution < 1.29 is 14.6 Å². The van der Waals surface area contributed by atoms with E-state index in [9.17, 15) is 4.79 Å². The minimum absolute atomic E-state index is 0.182. The van der Waals surface area contributed by atoms with E-state index >= 15 is 0 Å². The molecule has 0 radical (unpaired) electrons. The summed E-state index contributed by atoms with van der Waals surface area (Å²) in [4.78, 5) is 11.2. The van der Waals surface area contributed by atoms with Crippen LogP contribution >= 0.6 is 0 Å². The van der Waals surface area contributed by atoms with Gasteiger partial charge in [0.05, 0.1) is 19.4 Å². The Kier molecular flexibility index (Phi) is 4.41. The maximum absolute atomic E-state index is 11.2. The molecule has 0 saturated heterocycles. The van der Waals surface area contributed by atoms with E-state index < -0.39 is 0 Å². The van der Waals surface area contributed by atoms with Crippen LogP contribution in [0.15, 0.2) is 24.3 Å². The summed E-state index contributed by atoms with van der Waals surface area (Å²) in [5.41, 5.74) is 0.901. The Morgan fingerprint density at radius 3 is 2.56 bits per heavy atom. The van der Waals surface area contributed by atoms with E-state index in [2.05, 4.69) is 16.6 Å². The quantitative estimate of drug-likeness (QED) is 0.624. The number of hydrogen-bond donors (Lipinski definition) is 1. The van der Waals surface area contributed by atoms with Crippen molar-refractivity contribution >= 4 is 5.97 Å². The first-order valence-electron chi connectivity index (χ1n) is 4.95. The smallest absolute Gasteiger partial charge is 0.307 e. The maximum atomic E-state index is 11.2. The number of hydrogen-bond acceptors (Lipinski definition) is 3. The van der Waals surface area contributed by atoms with Crippen LogP contribution in [0.25, 0.3) is 0 Å². The number of methoxy groups -OCH3 is 1. The molecule has 3 nitrogen and oxygen atoms in total. The number of phenols is 1. The van der Waals surface area contributed by atoms with Gasteiger partial charge in [0.25, 0.3) is 0 Å². The Labute approximate surface area is 95.1 Å². The molecule has 0 aliphatic rings. The summed E-state index contributed by atoms with van der Waals surface area (Å²) in [6.45, 7) is 1.73. The zero-order valence-electron chi connectivity index (χ0n) is 9.36. The van der Waals surface area contributed by atoms with Crippen molar-refractivity contribution in [2.24, 2.45) is 0 Å². The summed E-state index contributed by atoms with van der Waals surface area (Å²) < 4.78 is 4.62. The van der Waals surface area contributed by atoms with Gasteiger partial charge in [0.1, 0.15) is 5.75 Å². The molecule has 0 bridgehead atoms. The molecule has 1 aromatic carbocycles. The van der Waals surface area contributed by atoms with E-state index in [1.54, 1.807) is 31.2 Å². The van der Waals surface area contributed by atoms with Crippen LogP contribution in [0.1, 0.15) is 24.8 Å². The van der Waals surface area contributed by atoms with E-state index in [1.165, 1.54) is 7.11 Å². The predicted molar refractivity (Wildman–Crippen MR) is 60.9 cm³/mol. The van der Waals surface area contributed by atoms with Crippen molar-refractivity contribution in [2.45, 2.75) is 19.3 Å². The minimum Gasteiger partial charge on any atom is -0.508 e. The predicted octanol–water partition coefficient (Wildman–Crippen LogP) is 2.06. The molecular weight excluding hydrogens is 204 g/mol. The summed E-state index contributed by atoms with van der Waals surface area (Å²) in [5, 5.41) is 9.17. The molecular formula is C13H14O3. The fraction of sp³-hybridized carbons (Fsp3) is 0.308. The fourth-order valence-electron chi connectivity index (χ4n) is 1.38. The van der Waals surface area contributed by atoms with Crippen LogP contribution in [0.2, 0.25) is 0 Å². The summed E-state index contributed by atoms with van der Waals surface area (Å²) in [6.07, 6.45) is 0.224. The molecule has 0 fully saturated rings. The molecule has 0 spiro atoms. The first-order valence-corrected chi connectivity index (χ1v) is 4.95. The summed E-state index contributed by atoms with van der Waals surface area (Å²) in [7, 11) is 1.36. The number of aromatic hydroxyl groups is 1. The third-order valence-corrected chi connectivity index (χ3v) is 2.21. The lowest BCUT2D eigenvalue weighted by molar-refractivity contribution is -0.140. The molecule has 0 amide bonds. The lowest BCUT2D eigenvalue weighted by Crippen LogP contribution is -2.07. The molecule has 84 valence electrons. The van der Waals surface area contributed by atoms with Crippen LogP contribution in [0, 0.1) is 11.8 Å². The zero-order chi connectivity index (χ0) is 12.0. The van der Waals surface area contributed by atoms with E-state index in [4.69, 9.17) is 5.11 Å². The van der Waals surface area contributed by atoms with Crippen LogP contribution in [0.4, 0.5) is 0 Å². The topological polar surface area (TPSA) is 46.5 Å². The van der Waals surface area contributed by atoms with Gasteiger partial charge in [-0.25, -0.2) is 0 Å². The average molecular weight is 218 g/mol. The molecule has 1 atom stereocenters. The zero-order valence-corrected chi connectivity index (χ0v) is 9.36. The standard InChI is InChI=1S/C13H14O3/c1-3-4-11(9-13(15)16-2)10-5-7-12(14)8-6-10/h5-8,11,14H,9H2,1-2H3/t11-/m1/s1. The molecule has 1 aromatic rings. The summed E-state index contributed by atoms with van der Waals surface area (Å²) in [5.74, 6) is 5.47. The van der Waals surface area contributed by atoms with E-state index in [-0.39, 0.29) is 24.1 Å². The number of ether oxygens (including phenoxy) is 1. The van der Waals surface area contributed by atoms with Gasteiger partial charge in [0, 0.05) is 0 Å². The monoisotopic (exact) mass is 218 g/mol. The van der Waals surface area contributed by atoms with E-state index in [0.29, 0.717) is 0 Å². The second-order valence-corrected chi connectivity index (χ2v) is 3.32. The van der Waals surface area contributed by atoms with Gasteiger partial charge >= 0.3 is 5.97 Å². The third-order valence-electron chi connectivity index (χ3n) is 2.21. The van der Waals surface area contributed by atoms with Gasteiger partial charge < -0.3 is 9.84 Å². The van der Waals surface area contributed by atoms with Gasteiger partial charge in [0.15, 0.2) is 0 Å². The number of carbonyl (C=O) groups is 1. The molecule has 0 aromatic heterocycles. The first kappa shape index (κ1) is 12.1. The van der Waals surface area contributed by atoms with Crippen molar-refractivity contribution in [3.63, 3.8) is 0 Å². The number of benzene rings is 1. The van der Waals surface area contributed by atoms with Crippen molar-refractivity contribution in [1.29, 1.82) is 0 Å². The van der Waals surface area contributed by atoms with Crippen LogP contribution < -0.4 is 0 Å². The molecule has 0 heterocycles. The number of phenolic OH excluding ortho intramolecular Hbond substituents is 1. The van der Waals surface area contributed by atoms with Crippen molar-refractivity contribution in [3.8, 4) is 17.6 Å².